The Morgan fingerprint density at radius 3 is 1.25 bits per heavy atom. The van der Waals surface area contributed by atoms with Crippen molar-refractivity contribution < 1.29 is 9.31 Å². The van der Waals surface area contributed by atoms with Crippen molar-refractivity contribution >= 4 is 7.69 Å². The molecule has 0 aromatic rings. The predicted octanol–water partition coefficient (Wildman–Crippen LogP) is 0.894. The minimum absolute atomic E-state index is 0.389. The Morgan fingerprint density at radius 1 is 0.917 bits per heavy atom. The average molecular weight is 175 g/mol. The molecule has 0 aromatic heterocycles. The van der Waals surface area contributed by atoms with E-state index < -0.39 is 0 Å². The molecule has 0 aliphatic heterocycles. The lowest BCUT2D eigenvalue weighted by Gasteiger charge is -2.13. The van der Waals surface area contributed by atoms with Gasteiger partial charge < -0.3 is 14.2 Å². The van der Waals surface area contributed by atoms with Crippen LogP contribution in [-0.4, -0.2) is 46.4 Å². The molecule has 0 saturated heterocycles. The molecular formula is C8H22BNO2. The summed E-state index contributed by atoms with van der Waals surface area (Å²) in [6.45, 7) is 10.1. The standard InChI is InChI=1S/C6H15N.C2H7BO2/c1-4-7(5-2)6-3;1-4-3-5-2/h4-6H2,1-3H3;3H,1-2H3. The van der Waals surface area contributed by atoms with E-state index in [2.05, 4.69) is 35.0 Å². The first-order valence-electron chi connectivity index (χ1n) is 4.46. The van der Waals surface area contributed by atoms with Crippen molar-refractivity contribution in [3.8, 4) is 0 Å². The summed E-state index contributed by atoms with van der Waals surface area (Å²) in [5.74, 6) is 0. The molecule has 0 heterocycles. The summed E-state index contributed by atoms with van der Waals surface area (Å²) in [7, 11) is 3.56. The van der Waals surface area contributed by atoms with Gasteiger partial charge in [-0.1, -0.05) is 20.8 Å². The van der Waals surface area contributed by atoms with Crippen LogP contribution in [0.4, 0.5) is 0 Å². The highest BCUT2D eigenvalue weighted by molar-refractivity contribution is 6.17. The van der Waals surface area contributed by atoms with Crippen LogP contribution in [0.5, 0.6) is 0 Å². The first kappa shape index (κ1) is 14.5. The molecule has 0 amide bonds. The maximum Gasteiger partial charge on any atom is 0.437 e. The van der Waals surface area contributed by atoms with E-state index in [1.54, 1.807) is 14.2 Å². The van der Waals surface area contributed by atoms with E-state index in [1.807, 2.05) is 0 Å². The van der Waals surface area contributed by atoms with Crippen LogP contribution in [0.3, 0.4) is 0 Å². The molecule has 0 saturated carbocycles. The van der Waals surface area contributed by atoms with Gasteiger partial charge in [0.1, 0.15) is 0 Å². The normalized spacial score (nSPS) is 9.17. The van der Waals surface area contributed by atoms with Gasteiger partial charge in [-0.25, -0.2) is 0 Å². The van der Waals surface area contributed by atoms with Crippen LogP contribution in [-0.2, 0) is 9.31 Å². The molecule has 0 bridgehead atoms. The van der Waals surface area contributed by atoms with Crippen LogP contribution in [0.2, 0.25) is 0 Å². The van der Waals surface area contributed by atoms with E-state index in [4.69, 9.17) is 0 Å². The SMILES string of the molecule is CCN(CC)CC.COBOC. The van der Waals surface area contributed by atoms with Crippen molar-refractivity contribution in [2.45, 2.75) is 20.8 Å². The molecule has 0 spiro atoms. The smallest absolute Gasteiger partial charge is 0.417 e. The number of hydrogen-bond donors (Lipinski definition) is 0. The zero-order valence-corrected chi connectivity index (χ0v) is 9.09. The summed E-state index contributed by atoms with van der Waals surface area (Å²) in [5.41, 5.74) is 0. The van der Waals surface area contributed by atoms with Crippen LogP contribution < -0.4 is 0 Å². The third kappa shape index (κ3) is 12.6. The van der Waals surface area contributed by atoms with Crippen molar-refractivity contribution in [2.75, 3.05) is 33.9 Å². The zero-order chi connectivity index (χ0) is 9.82. The van der Waals surface area contributed by atoms with Gasteiger partial charge in [-0.15, -0.1) is 0 Å². The number of nitrogens with zero attached hydrogens (tertiary/aromatic N) is 1. The molecule has 0 rings (SSSR count). The van der Waals surface area contributed by atoms with Gasteiger partial charge in [-0.3, -0.25) is 0 Å². The Bertz CT molecular complexity index is 62.6. The summed E-state index contributed by atoms with van der Waals surface area (Å²) in [5, 5.41) is 0. The molecule has 4 heteroatoms. The Kier molecular flexibility index (Phi) is 16.3. The van der Waals surface area contributed by atoms with Gasteiger partial charge in [-0.2, -0.15) is 0 Å². The lowest BCUT2D eigenvalue weighted by atomic mass is 10.4. The lowest BCUT2D eigenvalue weighted by Crippen LogP contribution is -2.21. The van der Waals surface area contributed by atoms with Gasteiger partial charge >= 0.3 is 7.69 Å². The van der Waals surface area contributed by atoms with Crippen molar-refractivity contribution in [2.24, 2.45) is 0 Å². The fourth-order valence-electron chi connectivity index (χ4n) is 0.789. The van der Waals surface area contributed by atoms with Crippen LogP contribution in [0.25, 0.3) is 0 Å². The molecule has 0 radical (unpaired) electrons. The van der Waals surface area contributed by atoms with Crippen LogP contribution in [0.15, 0.2) is 0 Å². The summed E-state index contributed by atoms with van der Waals surface area (Å²) in [4.78, 5) is 2.38. The molecule has 3 nitrogen and oxygen atoms in total. The fraction of sp³-hybridized carbons (Fsp3) is 1.00. The first-order chi connectivity index (χ1) is 5.76. The topological polar surface area (TPSA) is 21.7 Å². The van der Waals surface area contributed by atoms with Gasteiger partial charge in [0.05, 0.1) is 0 Å². The molecule has 0 N–H and O–H groups in total. The fourth-order valence-corrected chi connectivity index (χ4v) is 0.789. The second kappa shape index (κ2) is 13.5. The van der Waals surface area contributed by atoms with Crippen LogP contribution in [0.1, 0.15) is 20.8 Å². The molecule has 0 atom stereocenters. The Balaban J connectivity index is 0. The zero-order valence-electron chi connectivity index (χ0n) is 9.09. The molecule has 0 aliphatic rings. The summed E-state index contributed by atoms with van der Waals surface area (Å²) in [6, 6.07) is 0. The molecule has 0 unspecified atom stereocenters. The van der Waals surface area contributed by atoms with Crippen LogP contribution >= 0.6 is 0 Å². The Hall–Kier alpha value is -0.0551. The molecule has 0 aromatic carbocycles. The second-order valence-corrected chi connectivity index (χ2v) is 2.31. The maximum atomic E-state index is 4.47. The number of hydrogen-bond acceptors (Lipinski definition) is 3. The monoisotopic (exact) mass is 175 g/mol. The van der Waals surface area contributed by atoms with E-state index in [1.165, 1.54) is 19.6 Å². The van der Waals surface area contributed by atoms with Gasteiger partial charge in [0.15, 0.2) is 0 Å². The summed E-state index contributed by atoms with van der Waals surface area (Å²) < 4.78 is 8.94. The number of rotatable bonds is 5. The summed E-state index contributed by atoms with van der Waals surface area (Å²) >= 11 is 0. The minimum atomic E-state index is 0.389. The Labute approximate surface area is 77.3 Å². The average Bonchev–Trinajstić information content (AvgIpc) is 2.10. The van der Waals surface area contributed by atoms with E-state index in [0.717, 1.165) is 0 Å². The molecule has 0 aliphatic carbocycles. The molecule has 74 valence electrons. The van der Waals surface area contributed by atoms with Gasteiger partial charge in [0.25, 0.3) is 0 Å². The van der Waals surface area contributed by atoms with Crippen molar-refractivity contribution in [1.29, 1.82) is 0 Å². The van der Waals surface area contributed by atoms with Crippen LogP contribution in [0, 0.1) is 0 Å². The largest absolute Gasteiger partial charge is 0.437 e. The first-order valence-corrected chi connectivity index (χ1v) is 4.46. The van der Waals surface area contributed by atoms with Crippen molar-refractivity contribution in [3.05, 3.63) is 0 Å². The Morgan fingerprint density at radius 2 is 1.25 bits per heavy atom. The second-order valence-electron chi connectivity index (χ2n) is 2.31. The molecule has 12 heavy (non-hydrogen) atoms. The highest BCUT2D eigenvalue weighted by Gasteiger charge is 1.89. The van der Waals surface area contributed by atoms with E-state index in [9.17, 15) is 0 Å². The van der Waals surface area contributed by atoms with Crippen molar-refractivity contribution in [1.82, 2.24) is 4.90 Å². The lowest BCUT2D eigenvalue weighted by molar-refractivity contribution is 0.309. The highest BCUT2D eigenvalue weighted by Crippen LogP contribution is 1.81. The van der Waals surface area contributed by atoms with E-state index in [-0.39, 0.29) is 0 Å². The maximum absolute atomic E-state index is 4.47. The quantitative estimate of drug-likeness (QED) is 0.579. The molecular weight excluding hydrogens is 153 g/mol. The molecule has 0 fully saturated rings. The third-order valence-corrected chi connectivity index (χ3v) is 1.58. The van der Waals surface area contributed by atoms with Gasteiger partial charge in [0.2, 0.25) is 0 Å². The van der Waals surface area contributed by atoms with Crippen molar-refractivity contribution in [3.63, 3.8) is 0 Å². The summed E-state index contributed by atoms with van der Waals surface area (Å²) in [6.07, 6.45) is 0. The third-order valence-electron chi connectivity index (χ3n) is 1.58. The predicted molar refractivity (Wildman–Crippen MR) is 54.6 cm³/mol. The van der Waals surface area contributed by atoms with Gasteiger partial charge in [0, 0.05) is 14.2 Å². The van der Waals surface area contributed by atoms with E-state index in [0.29, 0.717) is 7.69 Å². The highest BCUT2D eigenvalue weighted by atomic mass is 16.6. The van der Waals surface area contributed by atoms with E-state index >= 15 is 0 Å². The van der Waals surface area contributed by atoms with Gasteiger partial charge in [-0.05, 0) is 19.6 Å². The minimum Gasteiger partial charge on any atom is -0.417 e.